The number of hydrogen-bond acceptors (Lipinski definition) is 3. The summed E-state index contributed by atoms with van der Waals surface area (Å²) in [5.74, 6) is -0.147. The highest BCUT2D eigenvalue weighted by molar-refractivity contribution is 5.82. The molecule has 0 aliphatic carbocycles. The van der Waals surface area contributed by atoms with Crippen molar-refractivity contribution in [3.63, 3.8) is 0 Å². The molecule has 0 amide bonds. The van der Waals surface area contributed by atoms with Crippen molar-refractivity contribution in [2.45, 2.75) is 86.7 Å². The van der Waals surface area contributed by atoms with Crippen LogP contribution in [-0.4, -0.2) is 17.7 Å². The molecule has 1 aromatic rings. The van der Waals surface area contributed by atoms with E-state index < -0.39 is 11.6 Å². The van der Waals surface area contributed by atoms with Crippen molar-refractivity contribution in [3.05, 3.63) is 35.9 Å². The Morgan fingerprint density at radius 2 is 1.46 bits per heavy atom. The van der Waals surface area contributed by atoms with Crippen molar-refractivity contribution in [2.24, 2.45) is 22.7 Å². The number of unbranched alkanes of at least 4 members (excludes halogenated alkanes) is 2. The zero-order chi connectivity index (χ0) is 21.6. The first-order chi connectivity index (χ1) is 12.8. The van der Waals surface area contributed by atoms with Crippen LogP contribution in [0.1, 0.15) is 86.6 Å². The predicted molar refractivity (Wildman–Crippen MR) is 117 cm³/mol. The Hall–Kier alpha value is -1.35. The summed E-state index contributed by atoms with van der Waals surface area (Å²) >= 11 is 0. The number of hydrogen-bond donors (Lipinski definition) is 1. The van der Waals surface area contributed by atoms with Crippen LogP contribution in [0.25, 0.3) is 0 Å². The van der Waals surface area contributed by atoms with Gasteiger partial charge in [-0.05, 0) is 28.7 Å². The summed E-state index contributed by atoms with van der Waals surface area (Å²) in [6.45, 7) is 17.3. The minimum atomic E-state index is -1.68. The first-order valence-corrected chi connectivity index (χ1v) is 10.8. The average Bonchev–Trinajstić information content (AvgIpc) is 2.55. The fourth-order valence-corrected chi connectivity index (χ4v) is 4.75. The van der Waals surface area contributed by atoms with Crippen molar-refractivity contribution in [2.75, 3.05) is 6.61 Å². The van der Waals surface area contributed by atoms with Crippen LogP contribution in [0.4, 0.5) is 0 Å². The van der Waals surface area contributed by atoms with Crippen molar-refractivity contribution in [1.29, 1.82) is 0 Å². The van der Waals surface area contributed by atoms with E-state index in [9.17, 15) is 9.90 Å². The molecule has 0 saturated carbocycles. The van der Waals surface area contributed by atoms with Gasteiger partial charge in [-0.1, -0.05) is 105 Å². The number of esters is 1. The largest absolute Gasteiger partial charge is 0.463 e. The minimum absolute atomic E-state index is 0.293. The van der Waals surface area contributed by atoms with Gasteiger partial charge < -0.3 is 9.84 Å². The number of benzene rings is 1. The second-order valence-electron chi connectivity index (χ2n) is 10.7. The van der Waals surface area contributed by atoms with Crippen molar-refractivity contribution < 1.29 is 14.6 Å². The standard InChI is InChI=1S/C25H42O3/c1-19(2)15-11-10-14-18-28-22(26)25(27,20-16-12-9-13-17-20)21(23(3,4)5)24(6,7)8/h9,12-13,16-17,19,21,27H,10-11,14-15,18H2,1-8H3. The Balaban J connectivity index is 3.07. The summed E-state index contributed by atoms with van der Waals surface area (Å²) < 4.78 is 5.65. The Kier molecular flexibility index (Phi) is 8.74. The normalized spacial score (nSPS) is 15.0. The maximum Gasteiger partial charge on any atom is 0.343 e. The van der Waals surface area contributed by atoms with Gasteiger partial charge in [0, 0.05) is 5.92 Å². The number of rotatable bonds is 9. The monoisotopic (exact) mass is 390 g/mol. The molecule has 3 heteroatoms. The highest BCUT2D eigenvalue weighted by Crippen LogP contribution is 2.51. The quantitative estimate of drug-likeness (QED) is 0.395. The lowest BCUT2D eigenvalue weighted by molar-refractivity contribution is -0.189. The molecule has 1 aromatic carbocycles. The molecule has 0 saturated heterocycles. The Bertz CT molecular complexity index is 578. The molecule has 1 rings (SSSR count). The fraction of sp³-hybridized carbons (Fsp3) is 0.720. The molecule has 1 atom stereocenters. The van der Waals surface area contributed by atoms with Crippen LogP contribution in [0.3, 0.4) is 0 Å². The lowest BCUT2D eigenvalue weighted by Crippen LogP contribution is -2.54. The molecule has 0 spiro atoms. The number of carbonyl (C=O) groups is 1. The zero-order valence-electron chi connectivity index (χ0n) is 19.3. The van der Waals surface area contributed by atoms with E-state index in [1.54, 1.807) is 0 Å². The van der Waals surface area contributed by atoms with Gasteiger partial charge in [-0.2, -0.15) is 0 Å². The van der Waals surface area contributed by atoms with Gasteiger partial charge in [0.15, 0.2) is 5.60 Å². The number of ether oxygens (including phenoxy) is 1. The summed E-state index contributed by atoms with van der Waals surface area (Å²) in [7, 11) is 0. The van der Waals surface area contributed by atoms with Crippen molar-refractivity contribution in [1.82, 2.24) is 0 Å². The minimum Gasteiger partial charge on any atom is -0.463 e. The van der Waals surface area contributed by atoms with E-state index in [1.807, 2.05) is 30.3 Å². The summed E-state index contributed by atoms with van der Waals surface area (Å²) in [6, 6.07) is 9.28. The molecule has 0 radical (unpaired) electrons. The molecule has 0 bridgehead atoms. The average molecular weight is 391 g/mol. The van der Waals surface area contributed by atoms with Gasteiger partial charge >= 0.3 is 5.97 Å². The smallest absolute Gasteiger partial charge is 0.343 e. The molecule has 3 nitrogen and oxygen atoms in total. The molecular formula is C25H42O3. The van der Waals surface area contributed by atoms with Crippen LogP contribution in [0.5, 0.6) is 0 Å². The fourth-order valence-electron chi connectivity index (χ4n) is 4.75. The van der Waals surface area contributed by atoms with Crippen molar-refractivity contribution >= 4 is 5.97 Å². The van der Waals surface area contributed by atoms with E-state index in [2.05, 4.69) is 55.4 Å². The molecule has 0 aliphatic rings. The molecule has 0 fully saturated rings. The molecule has 0 heterocycles. The van der Waals surface area contributed by atoms with Gasteiger partial charge in [0.2, 0.25) is 0 Å². The van der Waals surface area contributed by atoms with E-state index in [0.717, 1.165) is 19.3 Å². The van der Waals surface area contributed by atoms with Gasteiger partial charge in [-0.15, -0.1) is 0 Å². The van der Waals surface area contributed by atoms with Crippen LogP contribution >= 0.6 is 0 Å². The van der Waals surface area contributed by atoms with E-state index >= 15 is 0 Å². The third-order valence-corrected chi connectivity index (χ3v) is 5.33. The predicted octanol–water partition coefficient (Wildman–Crippen LogP) is 6.34. The first kappa shape index (κ1) is 24.7. The van der Waals surface area contributed by atoms with E-state index in [-0.39, 0.29) is 16.7 Å². The molecule has 1 unspecified atom stereocenters. The highest BCUT2D eigenvalue weighted by atomic mass is 16.5. The third kappa shape index (κ3) is 6.62. The maximum absolute atomic E-state index is 13.3. The first-order valence-electron chi connectivity index (χ1n) is 10.8. The zero-order valence-corrected chi connectivity index (χ0v) is 19.3. The van der Waals surface area contributed by atoms with Gasteiger partial charge in [0.05, 0.1) is 6.61 Å². The van der Waals surface area contributed by atoms with E-state index in [4.69, 9.17) is 4.74 Å². The van der Waals surface area contributed by atoms with Crippen LogP contribution in [0.15, 0.2) is 30.3 Å². The van der Waals surface area contributed by atoms with Gasteiger partial charge in [0.1, 0.15) is 0 Å². The van der Waals surface area contributed by atoms with Gasteiger partial charge in [-0.25, -0.2) is 4.79 Å². The Morgan fingerprint density at radius 3 is 1.93 bits per heavy atom. The molecular weight excluding hydrogens is 348 g/mol. The summed E-state index contributed by atoms with van der Waals surface area (Å²) in [5.41, 5.74) is -1.66. The SMILES string of the molecule is CC(C)CCCCCOC(=O)C(O)(c1ccccc1)C(C(C)(C)C)C(C)(C)C. The lowest BCUT2D eigenvalue weighted by atomic mass is 9.57. The Labute approximate surface area is 172 Å². The summed E-state index contributed by atoms with van der Waals surface area (Å²) in [5, 5.41) is 11.9. The number of carbonyl (C=O) groups excluding carboxylic acids is 1. The number of aliphatic hydroxyl groups is 1. The topological polar surface area (TPSA) is 46.5 Å². The Morgan fingerprint density at radius 1 is 0.929 bits per heavy atom. The highest BCUT2D eigenvalue weighted by Gasteiger charge is 2.56. The van der Waals surface area contributed by atoms with Crippen LogP contribution < -0.4 is 0 Å². The van der Waals surface area contributed by atoms with Gasteiger partial charge in [-0.3, -0.25) is 0 Å². The second kappa shape index (κ2) is 9.91. The van der Waals surface area contributed by atoms with E-state index in [1.165, 1.54) is 6.42 Å². The summed E-state index contributed by atoms with van der Waals surface area (Å²) in [4.78, 5) is 13.3. The molecule has 0 aromatic heterocycles. The van der Waals surface area contributed by atoms with Crippen LogP contribution in [0, 0.1) is 22.7 Å². The molecule has 1 N–H and O–H groups in total. The van der Waals surface area contributed by atoms with Crippen molar-refractivity contribution in [3.8, 4) is 0 Å². The third-order valence-electron chi connectivity index (χ3n) is 5.33. The second-order valence-corrected chi connectivity index (χ2v) is 10.7. The summed E-state index contributed by atoms with van der Waals surface area (Å²) in [6.07, 6.45) is 4.21. The van der Waals surface area contributed by atoms with E-state index in [0.29, 0.717) is 18.1 Å². The molecule has 0 aliphatic heterocycles. The van der Waals surface area contributed by atoms with Crippen LogP contribution in [0.2, 0.25) is 0 Å². The van der Waals surface area contributed by atoms with Crippen LogP contribution in [-0.2, 0) is 15.1 Å². The molecule has 160 valence electrons. The maximum atomic E-state index is 13.3. The molecule has 28 heavy (non-hydrogen) atoms. The van der Waals surface area contributed by atoms with Gasteiger partial charge in [0.25, 0.3) is 0 Å². The lowest BCUT2D eigenvalue weighted by Gasteiger charge is -2.49.